The zero-order valence-corrected chi connectivity index (χ0v) is 26.6. The van der Waals surface area contributed by atoms with E-state index in [0.29, 0.717) is 6.04 Å². The number of anilines is 3. The minimum atomic E-state index is 0.502. The zero-order chi connectivity index (χ0) is 31.9. The van der Waals surface area contributed by atoms with Gasteiger partial charge in [0.05, 0.1) is 17.4 Å². The molecule has 3 aromatic rings. The maximum absolute atomic E-state index is 5.75. The van der Waals surface area contributed by atoms with Crippen LogP contribution in [0.4, 0.5) is 17.1 Å². The number of allylic oxidation sites excluding steroid dienone is 1. The lowest BCUT2D eigenvalue weighted by Crippen LogP contribution is -2.22. The van der Waals surface area contributed by atoms with Crippen LogP contribution in [0.25, 0.3) is 0 Å². The van der Waals surface area contributed by atoms with E-state index in [1.807, 2.05) is 107 Å². The van der Waals surface area contributed by atoms with Crippen molar-refractivity contribution in [1.29, 1.82) is 0 Å². The Labute approximate surface area is 250 Å². The van der Waals surface area contributed by atoms with Gasteiger partial charge in [-0.15, -0.1) is 6.58 Å². The van der Waals surface area contributed by atoms with E-state index in [4.69, 9.17) is 8.58 Å². The number of nitrogens with zero attached hydrogens (tertiary/aromatic N) is 3. The molecule has 39 heavy (non-hydrogen) atoms. The Bertz CT molecular complexity index is 1020. The zero-order valence-electron chi connectivity index (χ0n) is 27.0. The van der Waals surface area contributed by atoms with Crippen LogP contribution in [0.2, 0.25) is 0 Å². The van der Waals surface area contributed by atoms with Crippen molar-refractivity contribution < 1.29 is 2.74 Å². The van der Waals surface area contributed by atoms with Crippen molar-refractivity contribution in [3.05, 3.63) is 104 Å². The fourth-order valence-electron chi connectivity index (χ4n) is 2.92. The van der Waals surface area contributed by atoms with Gasteiger partial charge in [-0.1, -0.05) is 89.3 Å². The molecule has 4 N–H and O–H groups in total. The lowest BCUT2D eigenvalue weighted by molar-refractivity contribution is 0.724. The molecule has 6 nitrogen and oxygen atoms in total. The van der Waals surface area contributed by atoms with E-state index in [1.165, 1.54) is 26.2 Å². The number of para-hydroxylation sites is 3. The largest absolute Gasteiger partial charge is 0.324 e. The van der Waals surface area contributed by atoms with Crippen molar-refractivity contribution in [2.45, 2.75) is 68.8 Å². The van der Waals surface area contributed by atoms with Crippen molar-refractivity contribution in [1.82, 2.24) is 0 Å². The molecule has 216 valence electrons. The Morgan fingerprint density at radius 1 is 1.00 bits per heavy atom. The monoisotopic (exact) mass is 600 g/mol. The number of nitrogen functional groups attached to an aromatic ring is 1. The van der Waals surface area contributed by atoms with E-state index < -0.39 is 0 Å². The van der Waals surface area contributed by atoms with Gasteiger partial charge in [-0.2, -0.15) is 10.2 Å². The summed E-state index contributed by atoms with van der Waals surface area (Å²) in [5, 5.41) is 10.6. The minimum Gasteiger partial charge on any atom is -0.324 e. The molecule has 1 aliphatic heterocycles. The van der Waals surface area contributed by atoms with Gasteiger partial charge in [0.1, 0.15) is 4.62 Å². The summed E-state index contributed by atoms with van der Waals surface area (Å²) < 4.78 is 12.3. The second-order valence-electron chi connectivity index (χ2n) is 7.57. The SMILES string of the molecule is C=CC.CC.CC(Br)=NNc1ccccc1.CC1=NN(c2ccccc2)C(C)C1.NNc1ccccc1.[2H]C.[2H]C. The number of hydrazone groups is 2. The third-order valence-corrected chi connectivity index (χ3v) is 4.54. The highest BCUT2D eigenvalue weighted by molar-refractivity contribution is 9.18. The molecule has 0 spiro atoms. The standard InChI is InChI=1S/C11H14N2.C8H9BrN2.C6H8N2.C3H6.C2H6.2CH4/c1-9-8-10(2)13(12-9)11-6-4-3-5-7-11;1-7(9)10-11-8-5-3-2-4-6-8;7-8-6-4-2-1-3-5-6;1-3-2;1-2;;/h3-7,10H,8H2,1-2H3;2-6,11H,1H3;1-5,8H,7H2;3H,1H2,2H3;1-2H3;2*1H4/i;;;;;2*1D. The van der Waals surface area contributed by atoms with E-state index in [1.54, 1.807) is 6.08 Å². The van der Waals surface area contributed by atoms with Crippen molar-refractivity contribution in [2.75, 3.05) is 15.9 Å². The molecule has 0 saturated carbocycles. The lowest BCUT2D eigenvalue weighted by atomic mass is 10.2. The van der Waals surface area contributed by atoms with Crippen LogP contribution in [0, 0.1) is 0 Å². The third-order valence-electron chi connectivity index (χ3n) is 4.36. The molecule has 3 aromatic carbocycles. The molecule has 0 saturated heterocycles. The average molecular weight is 602 g/mol. The molecule has 1 aliphatic rings. The molecule has 1 atom stereocenters. The molecule has 1 unspecified atom stereocenters. The van der Waals surface area contributed by atoms with E-state index >= 15 is 0 Å². The number of nitrogens with two attached hydrogens (primary N) is 1. The predicted molar refractivity (Wildman–Crippen MR) is 183 cm³/mol. The van der Waals surface area contributed by atoms with Crippen molar-refractivity contribution >= 4 is 43.3 Å². The number of hydrogen-bond donors (Lipinski definition) is 3. The molecule has 1 heterocycles. The fraction of sp³-hybridized carbons (Fsp3) is 0.312. The first kappa shape index (κ1) is 35.6. The molecule has 0 aliphatic carbocycles. The third kappa shape index (κ3) is 19.3. The topological polar surface area (TPSA) is 78.0 Å². The predicted octanol–water partition coefficient (Wildman–Crippen LogP) is 9.95. The van der Waals surface area contributed by atoms with Gasteiger partial charge in [0.15, 0.2) is 0 Å². The maximum atomic E-state index is 5.75. The van der Waals surface area contributed by atoms with Gasteiger partial charge in [-0.3, -0.25) is 16.3 Å². The van der Waals surface area contributed by atoms with Crippen molar-refractivity contribution in [3.63, 3.8) is 0 Å². The van der Waals surface area contributed by atoms with Crippen molar-refractivity contribution in [3.8, 4) is 0 Å². The second kappa shape index (κ2) is 26.2. The van der Waals surface area contributed by atoms with Crippen LogP contribution in [-0.2, 0) is 0 Å². The summed E-state index contributed by atoms with van der Waals surface area (Å²) in [6, 6.07) is 30.2. The molecule has 0 aromatic heterocycles. The summed E-state index contributed by atoms with van der Waals surface area (Å²) in [5.41, 5.74) is 9.75. The Balaban J connectivity index is -0.000000471. The second-order valence-corrected chi connectivity index (χ2v) is 8.72. The summed E-state index contributed by atoms with van der Waals surface area (Å²) in [6.07, 6.45) is 2.83. The van der Waals surface area contributed by atoms with E-state index in [0.717, 1.165) is 22.4 Å². The number of halogens is 1. The van der Waals surface area contributed by atoms with E-state index in [-0.39, 0.29) is 0 Å². The smallest absolute Gasteiger partial charge is 0.100 e. The fourth-order valence-corrected chi connectivity index (χ4v) is 3.01. The molecule has 0 amide bonds. The number of hydrogen-bond acceptors (Lipinski definition) is 6. The summed E-state index contributed by atoms with van der Waals surface area (Å²) in [7, 11) is 2.50. The normalized spacial score (nSPS) is 13.1. The Morgan fingerprint density at radius 3 is 1.74 bits per heavy atom. The summed E-state index contributed by atoms with van der Waals surface area (Å²) in [4.78, 5) is 0. The van der Waals surface area contributed by atoms with E-state index in [9.17, 15) is 0 Å². The minimum absolute atomic E-state index is 0.502. The molecule has 4 rings (SSSR count). The first-order valence-corrected chi connectivity index (χ1v) is 13.2. The summed E-state index contributed by atoms with van der Waals surface area (Å²) >= 11 is 3.22. The van der Waals surface area contributed by atoms with Crippen LogP contribution in [0.15, 0.2) is 114 Å². The van der Waals surface area contributed by atoms with Gasteiger partial charge in [0.2, 0.25) is 0 Å². The van der Waals surface area contributed by atoms with Crippen LogP contribution in [-0.4, -0.2) is 16.4 Å². The number of nitrogens with one attached hydrogen (secondary N) is 2. The van der Waals surface area contributed by atoms with Gasteiger partial charge < -0.3 is 5.43 Å². The molecular weight excluding hydrogens is 548 g/mol. The average Bonchev–Trinajstić information content (AvgIpc) is 3.39. The van der Waals surface area contributed by atoms with Gasteiger partial charge in [0.25, 0.3) is 0 Å². The Kier molecular flexibility index (Phi) is 23.9. The van der Waals surface area contributed by atoms with Gasteiger partial charge in [-0.25, -0.2) is 0 Å². The molecular formula is C32H51BrN6. The highest BCUT2D eigenvalue weighted by Gasteiger charge is 2.20. The highest BCUT2D eigenvalue weighted by Crippen LogP contribution is 2.23. The van der Waals surface area contributed by atoms with Crippen LogP contribution in [0.5, 0.6) is 0 Å². The lowest BCUT2D eigenvalue weighted by Gasteiger charge is -2.19. The van der Waals surface area contributed by atoms with Crippen LogP contribution in [0.1, 0.15) is 65.5 Å². The molecule has 0 radical (unpaired) electrons. The quantitative estimate of drug-likeness (QED) is 0.120. The summed E-state index contributed by atoms with van der Waals surface area (Å²) in [6.45, 7) is 15.4. The Morgan fingerprint density at radius 2 is 1.41 bits per heavy atom. The van der Waals surface area contributed by atoms with Gasteiger partial charge >= 0.3 is 0 Å². The number of hydrazine groups is 1. The van der Waals surface area contributed by atoms with Crippen LogP contribution in [0.3, 0.4) is 0 Å². The maximum Gasteiger partial charge on any atom is 0.100 e. The highest BCUT2D eigenvalue weighted by atomic mass is 79.9. The number of benzene rings is 3. The number of rotatable bonds is 4. The molecule has 0 fully saturated rings. The van der Waals surface area contributed by atoms with E-state index in [2.05, 4.69) is 74.6 Å². The van der Waals surface area contributed by atoms with Gasteiger partial charge in [0, 0.05) is 20.6 Å². The van der Waals surface area contributed by atoms with Gasteiger partial charge in [-0.05, 0) is 80.0 Å². The van der Waals surface area contributed by atoms with Crippen LogP contribution < -0.4 is 21.7 Å². The first-order chi connectivity index (χ1) is 19.9. The van der Waals surface area contributed by atoms with Crippen molar-refractivity contribution in [2.24, 2.45) is 16.0 Å². The first-order valence-electron chi connectivity index (χ1n) is 14.4. The molecule has 7 heteroatoms. The Hall–Kier alpha value is -3.42. The summed E-state index contributed by atoms with van der Waals surface area (Å²) in [5.74, 6) is 5.10. The molecule has 0 bridgehead atoms. The van der Waals surface area contributed by atoms with Crippen LogP contribution >= 0.6 is 15.9 Å².